The van der Waals surface area contributed by atoms with Gasteiger partial charge in [-0.3, -0.25) is 0 Å². The van der Waals surface area contributed by atoms with E-state index in [1.54, 1.807) is 14.2 Å². The minimum atomic E-state index is 0.507. The van der Waals surface area contributed by atoms with Gasteiger partial charge in [0.15, 0.2) is 11.5 Å². The Bertz CT molecular complexity index is 336. The smallest absolute Gasteiger partial charge is 0.175 e. The summed E-state index contributed by atoms with van der Waals surface area (Å²) in [4.78, 5) is 0. The zero-order valence-corrected chi connectivity index (χ0v) is 14.7. The Morgan fingerprint density at radius 1 is 0.778 bits per heavy atom. The summed E-state index contributed by atoms with van der Waals surface area (Å²) in [5.41, 5.74) is 0. The van der Waals surface area contributed by atoms with Crippen LogP contribution in [-0.4, -0.2) is 40.6 Å². The largest absolute Gasteiger partial charge is 0.486 e. The van der Waals surface area contributed by atoms with Crippen molar-refractivity contribution in [3.63, 3.8) is 0 Å². The second kappa shape index (κ2) is 9.16. The first kappa shape index (κ1) is 16.3. The number of halogens is 2. The molecule has 1 rings (SSSR count). The summed E-state index contributed by atoms with van der Waals surface area (Å²) in [5.74, 6) is 1.55. The van der Waals surface area contributed by atoms with E-state index < -0.39 is 0 Å². The molecule has 0 aliphatic rings. The monoisotopic (exact) mass is 478 g/mol. The molecule has 0 radical (unpaired) electrons. The molecule has 0 amide bonds. The van der Waals surface area contributed by atoms with E-state index >= 15 is 0 Å². The first-order valence-corrected chi connectivity index (χ1v) is 7.58. The van der Waals surface area contributed by atoms with Gasteiger partial charge in [-0.25, -0.2) is 0 Å². The quantitative estimate of drug-likeness (QED) is 0.426. The van der Waals surface area contributed by atoms with E-state index in [1.807, 2.05) is 12.1 Å². The third-order valence-electron chi connectivity index (χ3n) is 2.08. The molecule has 0 saturated heterocycles. The van der Waals surface area contributed by atoms with Gasteiger partial charge in [-0.05, 0) is 57.3 Å². The predicted octanol–water partition coefficient (Wildman–Crippen LogP) is 2.95. The van der Waals surface area contributed by atoms with Crippen LogP contribution in [0.4, 0.5) is 0 Å². The third kappa shape index (κ3) is 5.06. The summed E-state index contributed by atoms with van der Waals surface area (Å²) >= 11 is 4.47. The van der Waals surface area contributed by atoms with Crippen LogP contribution < -0.4 is 9.47 Å². The Hall–Kier alpha value is 0.200. The van der Waals surface area contributed by atoms with Crippen LogP contribution in [-0.2, 0) is 9.47 Å². The first-order valence-electron chi connectivity index (χ1n) is 5.42. The molecule has 1 aromatic carbocycles. The van der Waals surface area contributed by atoms with Gasteiger partial charge < -0.3 is 18.9 Å². The van der Waals surface area contributed by atoms with Gasteiger partial charge in [-0.2, -0.15) is 0 Å². The van der Waals surface area contributed by atoms with Crippen molar-refractivity contribution in [3.8, 4) is 11.5 Å². The minimum Gasteiger partial charge on any atom is -0.486 e. The van der Waals surface area contributed by atoms with Crippen LogP contribution in [0, 0.1) is 7.14 Å². The van der Waals surface area contributed by atoms with E-state index in [0.717, 1.165) is 18.6 Å². The molecule has 0 bridgehead atoms. The Labute approximate surface area is 135 Å². The molecule has 18 heavy (non-hydrogen) atoms. The average molecular weight is 478 g/mol. The third-order valence-corrected chi connectivity index (χ3v) is 3.78. The first-order chi connectivity index (χ1) is 8.70. The maximum absolute atomic E-state index is 5.72. The highest BCUT2D eigenvalue weighted by Gasteiger charge is 2.13. The van der Waals surface area contributed by atoms with E-state index in [9.17, 15) is 0 Å². The van der Waals surface area contributed by atoms with Gasteiger partial charge in [0, 0.05) is 14.2 Å². The summed E-state index contributed by atoms with van der Waals surface area (Å²) in [6, 6.07) is 4.02. The van der Waals surface area contributed by atoms with Crippen LogP contribution in [0.1, 0.15) is 0 Å². The van der Waals surface area contributed by atoms with Gasteiger partial charge >= 0.3 is 0 Å². The molecule has 0 heterocycles. The molecule has 0 spiro atoms. The normalized spacial score (nSPS) is 10.4. The van der Waals surface area contributed by atoms with Crippen molar-refractivity contribution in [1.29, 1.82) is 0 Å². The van der Waals surface area contributed by atoms with Crippen molar-refractivity contribution in [3.05, 3.63) is 19.3 Å². The SMILES string of the molecule is COCCOc1c(I)ccc(I)c1OCCOC. The van der Waals surface area contributed by atoms with E-state index in [1.165, 1.54) is 0 Å². The minimum absolute atomic E-state index is 0.507. The zero-order valence-electron chi connectivity index (χ0n) is 10.4. The molecule has 0 N–H and O–H groups in total. The molecule has 0 atom stereocenters. The molecular formula is C12H16I2O4. The summed E-state index contributed by atoms with van der Waals surface area (Å²) < 4.78 is 23.4. The molecular weight excluding hydrogens is 462 g/mol. The Morgan fingerprint density at radius 2 is 1.17 bits per heavy atom. The fraction of sp³-hybridized carbons (Fsp3) is 0.500. The van der Waals surface area contributed by atoms with Gasteiger partial charge in [-0.15, -0.1) is 0 Å². The van der Waals surface area contributed by atoms with Crippen LogP contribution >= 0.6 is 45.2 Å². The second-order valence-electron chi connectivity index (χ2n) is 3.37. The van der Waals surface area contributed by atoms with Crippen LogP contribution in [0.5, 0.6) is 11.5 Å². The lowest BCUT2D eigenvalue weighted by molar-refractivity contribution is 0.131. The molecule has 0 aromatic heterocycles. The van der Waals surface area contributed by atoms with Gasteiger partial charge in [0.2, 0.25) is 0 Å². The van der Waals surface area contributed by atoms with Crippen molar-refractivity contribution in [2.75, 3.05) is 40.6 Å². The highest BCUT2D eigenvalue weighted by Crippen LogP contribution is 2.36. The Kier molecular flexibility index (Phi) is 8.27. The molecule has 1 aromatic rings. The number of ether oxygens (including phenoxy) is 4. The highest BCUT2D eigenvalue weighted by atomic mass is 127. The molecule has 102 valence electrons. The molecule has 0 aliphatic carbocycles. The van der Waals surface area contributed by atoms with Crippen LogP contribution in [0.3, 0.4) is 0 Å². The number of hydrogen-bond acceptors (Lipinski definition) is 4. The maximum Gasteiger partial charge on any atom is 0.175 e. The fourth-order valence-corrected chi connectivity index (χ4v) is 2.40. The van der Waals surface area contributed by atoms with Crippen molar-refractivity contribution in [2.45, 2.75) is 0 Å². The molecule has 6 heteroatoms. The van der Waals surface area contributed by atoms with Crippen molar-refractivity contribution in [2.24, 2.45) is 0 Å². The lowest BCUT2D eigenvalue weighted by Gasteiger charge is -2.15. The zero-order chi connectivity index (χ0) is 13.4. The lowest BCUT2D eigenvalue weighted by Crippen LogP contribution is -2.10. The average Bonchev–Trinajstić information content (AvgIpc) is 2.36. The summed E-state index contributed by atoms with van der Waals surface area (Å²) in [7, 11) is 3.30. The van der Waals surface area contributed by atoms with Crippen LogP contribution in [0.15, 0.2) is 12.1 Å². The number of methoxy groups -OCH3 is 2. The molecule has 0 saturated carbocycles. The number of benzene rings is 1. The second-order valence-corrected chi connectivity index (χ2v) is 5.69. The van der Waals surface area contributed by atoms with E-state index in [0.29, 0.717) is 26.4 Å². The summed E-state index contributed by atoms with van der Waals surface area (Å²) in [5, 5.41) is 0. The van der Waals surface area contributed by atoms with Gasteiger partial charge in [0.25, 0.3) is 0 Å². The number of rotatable bonds is 8. The van der Waals surface area contributed by atoms with E-state index in [-0.39, 0.29) is 0 Å². The van der Waals surface area contributed by atoms with Crippen molar-refractivity contribution < 1.29 is 18.9 Å². The van der Waals surface area contributed by atoms with Crippen LogP contribution in [0.25, 0.3) is 0 Å². The molecule has 0 aliphatic heterocycles. The fourth-order valence-electron chi connectivity index (χ4n) is 1.24. The number of hydrogen-bond donors (Lipinski definition) is 0. The molecule has 4 nitrogen and oxygen atoms in total. The van der Waals surface area contributed by atoms with Gasteiger partial charge in [0.05, 0.1) is 20.4 Å². The van der Waals surface area contributed by atoms with E-state index in [4.69, 9.17) is 18.9 Å². The summed E-state index contributed by atoms with van der Waals surface area (Å²) in [6.45, 7) is 2.12. The standard InChI is InChI=1S/C12H16I2O4/c1-15-5-7-17-11-9(13)3-4-10(14)12(11)18-8-6-16-2/h3-4H,5-8H2,1-2H3. The molecule has 0 unspecified atom stereocenters. The maximum atomic E-state index is 5.72. The van der Waals surface area contributed by atoms with Gasteiger partial charge in [-0.1, -0.05) is 0 Å². The Morgan fingerprint density at radius 3 is 1.50 bits per heavy atom. The van der Waals surface area contributed by atoms with E-state index in [2.05, 4.69) is 45.2 Å². The topological polar surface area (TPSA) is 36.9 Å². The van der Waals surface area contributed by atoms with Crippen LogP contribution in [0.2, 0.25) is 0 Å². The van der Waals surface area contributed by atoms with Gasteiger partial charge in [0.1, 0.15) is 13.2 Å². The van der Waals surface area contributed by atoms with Crippen molar-refractivity contribution >= 4 is 45.2 Å². The molecule has 0 fully saturated rings. The highest BCUT2D eigenvalue weighted by molar-refractivity contribution is 14.1. The van der Waals surface area contributed by atoms with Crippen molar-refractivity contribution in [1.82, 2.24) is 0 Å². The predicted molar refractivity (Wildman–Crippen MR) is 86.6 cm³/mol. The summed E-state index contributed by atoms with van der Waals surface area (Å²) in [6.07, 6.45) is 0. The lowest BCUT2D eigenvalue weighted by atomic mass is 10.3. The Balaban J connectivity index is 2.79.